The van der Waals surface area contributed by atoms with Crippen molar-refractivity contribution in [2.24, 2.45) is 0 Å². The standard InChI is InChI=1S/C23H21FN2O3S/c1-26(17-19-5-3-2-4-6-19)30(28,29)22-14-12-21(13-15-22)25-23(27)16-9-18-7-10-20(24)11-8-18/h2-16H,17H2,1H3,(H,25,27)/b16-9+. The van der Waals surface area contributed by atoms with E-state index in [1.807, 2.05) is 30.3 Å². The Morgan fingerprint density at radius 2 is 1.60 bits per heavy atom. The molecule has 154 valence electrons. The normalized spacial score (nSPS) is 11.7. The maximum absolute atomic E-state index is 12.9. The largest absolute Gasteiger partial charge is 0.323 e. The van der Waals surface area contributed by atoms with Crippen LogP contribution in [0.15, 0.2) is 89.8 Å². The molecule has 0 unspecified atom stereocenters. The lowest BCUT2D eigenvalue weighted by atomic mass is 10.2. The van der Waals surface area contributed by atoms with Gasteiger partial charge in [-0.2, -0.15) is 4.31 Å². The molecule has 0 radical (unpaired) electrons. The number of carbonyl (C=O) groups excluding carboxylic acids is 1. The molecule has 3 aromatic carbocycles. The van der Waals surface area contributed by atoms with Gasteiger partial charge in [0.25, 0.3) is 0 Å². The van der Waals surface area contributed by atoms with Gasteiger partial charge in [-0.15, -0.1) is 0 Å². The minimum atomic E-state index is -3.66. The smallest absolute Gasteiger partial charge is 0.248 e. The summed E-state index contributed by atoms with van der Waals surface area (Å²) >= 11 is 0. The maximum atomic E-state index is 12.9. The first-order valence-electron chi connectivity index (χ1n) is 9.19. The summed E-state index contributed by atoms with van der Waals surface area (Å²) in [5.41, 5.74) is 2.04. The van der Waals surface area contributed by atoms with Crippen LogP contribution in [0.1, 0.15) is 11.1 Å². The number of anilines is 1. The van der Waals surface area contributed by atoms with E-state index in [-0.39, 0.29) is 23.2 Å². The molecule has 0 aliphatic carbocycles. The molecule has 0 heterocycles. The Morgan fingerprint density at radius 1 is 0.967 bits per heavy atom. The van der Waals surface area contributed by atoms with E-state index < -0.39 is 10.0 Å². The molecular formula is C23H21FN2O3S. The molecule has 30 heavy (non-hydrogen) atoms. The Balaban J connectivity index is 1.63. The highest BCUT2D eigenvalue weighted by atomic mass is 32.2. The van der Waals surface area contributed by atoms with Crippen molar-refractivity contribution in [3.63, 3.8) is 0 Å². The monoisotopic (exact) mass is 424 g/mol. The Bertz CT molecular complexity index is 1130. The van der Waals surface area contributed by atoms with E-state index in [1.165, 1.54) is 53.8 Å². The van der Waals surface area contributed by atoms with Crippen LogP contribution in [0.2, 0.25) is 0 Å². The summed E-state index contributed by atoms with van der Waals surface area (Å²) in [4.78, 5) is 12.2. The van der Waals surface area contributed by atoms with Gasteiger partial charge < -0.3 is 5.32 Å². The van der Waals surface area contributed by atoms with Crippen LogP contribution in [0.4, 0.5) is 10.1 Å². The van der Waals surface area contributed by atoms with Gasteiger partial charge in [-0.05, 0) is 53.6 Å². The van der Waals surface area contributed by atoms with E-state index in [1.54, 1.807) is 18.2 Å². The van der Waals surface area contributed by atoms with E-state index in [9.17, 15) is 17.6 Å². The Morgan fingerprint density at radius 3 is 2.23 bits per heavy atom. The Kier molecular flexibility index (Phi) is 6.76. The van der Waals surface area contributed by atoms with E-state index in [0.29, 0.717) is 11.3 Å². The van der Waals surface area contributed by atoms with E-state index in [0.717, 1.165) is 5.56 Å². The predicted octanol–water partition coefficient (Wildman–Crippen LogP) is 4.30. The quantitative estimate of drug-likeness (QED) is 0.575. The van der Waals surface area contributed by atoms with Crippen LogP contribution >= 0.6 is 0 Å². The van der Waals surface area contributed by atoms with Crippen molar-refractivity contribution in [2.75, 3.05) is 12.4 Å². The second-order valence-corrected chi connectivity index (χ2v) is 8.69. The second-order valence-electron chi connectivity index (χ2n) is 6.65. The van der Waals surface area contributed by atoms with Gasteiger partial charge in [0.1, 0.15) is 5.82 Å². The number of halogens is 1. The molecule has 0 bridgehead atoms. The highest BCUT2D eigenvalue weighted by molar-refractivity contribution is 7.89. The molecule has 0 saturated carbocycles. The van der Waals surface area contributed by atoms with Crippen LogP contribution in [0.5, 0.6) is 0 Å². The highest BCUT2D eigenvalue weighted by Gasteiger charge is 2.20. The molecule has 0 spiro atoms. The van der Waals surface area contributed by atoms with Crippen molar-refractivity contribution < 1.29 is 17.6 Å². The van der Waals surface area contributed by atoms with Crippen LogP contribution in [-0.2, 0) is 21.4 Å². The molecule has 0 saturated heterocycles. The molecule has 7 heteroatoms. The van der Waals surface area contributed by atoms with Crippen LogP contribution < -0.4 is 5.32 Å². The Labute approximate surface area is 175 Å². The van der Waals surface area contributed by atoms with Gasteiger partial charge in [0.2, 0.25) is 15.9 Å². The summed E-state index contributed by atoms with van der Waals surface area (Å²) in [5.74, 6) is -0.725. The van der Waals surface area contributed by atoms with Crippen molar-refractivity contribution in [3.05, 3.63) is 102 Å². The maximum Gasteiger partial charge on any atom is 0.248 e. The number of rotatable bonds is 7. The molecule has 0 fully saturated rings. The van der Waals surface area contributed by atoms with Crippen molar-refractivity contribution in [1.29, 1.82) is 0 Å². The Hall–Kier alpha value is -3.29. The number of benzene rings is 3. The topological polar surface area (TPSA) is 66.5 Å². The molecule has 0 aromatic heterocycles. The molecule has 1 N–H and O–H groups in total. The average molecular weight is 424 g/mol. The minimum Gasteiger partial charge on any atom is -0.323 e. The van der Waals surface area contributed by atoms with Crippen LogP contribution in [0, 0.1) is 5.82 Å². The van der Waals surface area contributed by atoms with Crippen molar-refractivity contribution in [2.45, 2.75) is 11.4 Å². The van der Waals surface area contributed by atoms with E-state index >= 15 is 0 Å². The predicted molar refractivity (Wildman–Crippen MR) is 116 cm³/mol. The third-order valence-corrected chi connectivity index (χ3v) is 6.19. The zero-order chi connectivity index (χ0) is 21.6. The molecule has 3 aromatic rings. The van der Waals surface area contributed by atoms with Gasteiger partial charge >= 0.3 is 0 Å². The summed E-state index contributed by atoms with van der Waals surface area (Å²) in [5, 5.41) is 2.66. The average Bonchev–Trinajstić information content (AvgIpc) is 2.74. The van der Waals surface area contributed by atoms with Gasteiger partial charge in [0.05, 0.1) is 4.90 Å². The summed E-state index contributed by atoms with van der Waals surface area (Å²) < 4.78 is 39.7. The fraction of sp³-hybridized carbons (Fsp3) is 0.0870. The lowest BCUT2D eigenvalue weighted by molar-refractivity contribution is -0.111. The van der Waals surface area contributed by atoms with Gasteiger partial charge in [0, 0.05) is 25.4 Å². The van der Waals surface area contributed by atoms with Gasteiger partial charge in [-0.3, -0.25) is 4.79 Å². The van der Waals surface area contributed by atoms with Gasteiger partial charge in [0.15, 0.2) is 0 Å². The zero-order valence-corrected chi connectivity index (χ0v) is 17.1. The summed E-state index contributed by atoms with van der Waals surface area (Å²) in [6, 6.07) is 21.0. The fourth-order valence-corrected chi connectivity index (χ4v) is 3.90. The van der Waals surface area contributed by atoms with Crippen LogP contribution in [0.25, 0.3) is 6.08 Å². The number of nitrogens with one attached hydrogen (secondary N) is 1. The summed E-state index contributed by atoms with van der Waals surface area (Å²) in [6.45, 7) is 0.260. The molecular weight excluding hydrogens is 403 g/mol. The fourth-order valence-electron chi connectivity index (χ4n) is 2.75. The zero-order valence-electron chi connectivity index (χ0n) is 16.3. The first kappa shape index (κ1) is 21.4. The molecule has 3 rings (SSSR count). The van der Waals surface area contributed by atoms with Gasteiger partial charge in [-0.1, -0.05) is 42.5 Å². The molecule has 1 amide bonds. The molecule has 0 atom stereocenters. The number of sulfonamides is 1. The van der Waals surface area contributed by atoms with Crippen molar-refractivity contribution in [1.82, 2.24) is 4.31 Å². The number of hydrogen-bond donors (Lipinski definition) is 1. The summed E-state index contributed by atoms with van der Waals surface area (Å²) in [7, 11) is -2.13. The molecule has 0 aliphatic heterocycles. The summed E-state index contributed by atoms with van der Waals surface area (Å²) in [6.07, 6.45) is 2.89. The minimum absolute atomic E-state index is 0.140. The van der Waals surface area contributed by atoms with Gasteiger partial charge in [-0.25, -0.2) is 12.8 Å². The van der Waals surface area contributed by atoms with Crippen molar-refractivity contribution >= 4 is 27.7 Å². The molecule has 0 aliphatic rings. The number of hydrogen-bond acceptors (Lipinski definition) is 3. The SMILES string of the molecule is CN(Cc1ccccc1)S(=O)(=O)c1ccc(NC(=O)/C=C/c2ccc(F)cc2)cc1. The molecule has 5 nitrogen and oxygen atoms in total. The first-order valence-corrected chi connectivity index (χ1v) is 10.6. The van der Waals surface area contributed by atoms with E-state index in [4.69, 9.17) is 0 Å². The van der Waals surface area contributed by atoms with Crippen molar-refractivity contribution in [3.8, 4) is 0 Å². The second kappa shape index (κ2) is 9.47. The lowest BCUT2D eigenvalue weighted by Crippen LogP contribution is -2.26. The van der Waals surface area contributed by atoms with Crippen LogP contribution in [0.3, 0.4) is 0 Å². The number of carbonyl (C=O) groups is 1. The number of amides is 1. The third kappa shape index (κ3) is 5.62. The lowest BCUT2D eigenvalue weighted by Gasteiger charge is -2.17. The third-order valence-electron chi connectivity index (χ3n) is 4.38. The first-order chi connectivity index (χ1) is 14.3. The highest BCUT2D eigenvalue weighted by Crippen LogP contribution is 2.19. The number of nitrogens with zero attached hydrogens (tertiary/aromatic N) is 1. The van der Waals surface area contributed by atoms with E-state index in [2.05, 4.69) is 5.32 Å². The van der Waals surface area contributed by atoms with Crippen LogP contribution in [-0.4, -0.2) is 25.7 Å².